The van der Waals surface area contributed by atoms with Crippen LogP contribution in [0.15, 0.2) is 42.7 Å². The molecule has 2 aliphatic heterocycles. The fourth-order valence-corrected chi connectivity index (χ4v) is 5.35. The van der Waals surface area contributed by atoms with Gasteiger partial charge in [-0.05, 0) is 74.7 Å². The van der Waals surface area contributed by atoms with Crippen molar-refractivity contribution < 1.29 is 0 Å². The van der Waals surface area contributed by atoms with Crippen molar-refractivity contribution in [1.82, 2.24) is 19.8 Å². The molecule has 0 spiro atoms. The number of benzene rings is 2. The first kappa shape index (κ1) is 21.3. The van der Waals surface area contributed by atoms with Gasteiger partial charge < -0.3 is 19.7 Å². The third-order valence-electron chi connectivity index (χ3n) is 7.03. The molecular weight excluding hydrogens is 420 g/mol. The average Bonchev–Trinajstić information content (AvgIpc) is 3.48. The number of imidazole rings is 1. The predicted octanol–water partition coefficient (Wildman–Crippen LogP) is 4.46. The molecule has 168 valence electrons. The van der Waals surface area contributed by atoms with Crippen LogP contribution in [0.2, 0.25) is 5.02 Å². The van der Waals surface area contributed by atoms with E-state index in [0.29, 0.717) is 0 Å². The van der Waals surface area contributed by atoms with Gasteiger partial charge in [0.2, 0.25) is 0 Å². The van der Waals surface area contributed by atoms with Crippen molar-refractivity contribution >= 4 is 34.2 Å². The van der Waals surface area contributed by atoms with E-state index in [1.165, 1.54) is 23.2 Å². The second-order valence-corrected chi connectivity index (χ2v) is 9.45. The SMILES string of the molecule is Cc1cc(Cl)ccc1C(C)n1cnc2ccc(N3CCN(C(=N)[C@H]4CCCN4)CC3)cc21. The molecule has 7 heteroatoms. The Bertz CT molecular complexity index is 1120. The first-order chi connectivity index (χ1) is 15.5. The molecule has 1 unspecified atom stereocenters. The molecule has 2 aliphatic rings. The van der Waals surface area contributed by atoms with Gasteiger partial charge in [0.05, 0.1) is 29.4 Å². The van der Waals surface area contributed by atoms with E-state index in [4.69, 9.17) is 17.0 Å². The number of amidine groups is 1. The molecule has 3 aromatic rings. The summed E-state index contributed by atoms with van der Waals surface area (Å²) in [6.07, 6.45) is 4.21. The Hall–Kier alpha value is -2.57. The van der Waals surface area contributed by atoms with Crippen LogP contribution >= 0.6 is 11.6 Å². The third-order valence-corrected chi connectivity index (χ3v) is 7.27. The molecular formula is C25H31ClN6. The van der Waals surface area contributed by atoms with Crippen LogP contribution in [0.25, 0.3) is 11.0 Å². The highest BCUT2D eigenvalue weighted by Gasteiger charge is 2.26. The van der Waals surface area contributed by atoms with Gasteiger partial charge in [-0.25, -0.2) is 4.98 Å². The van der Waals surface area contributed by atoms with Crippen LogP contribution in [-0.2, 0) is 0 Å². The Balaban J connectivity index is 1.34. The van der Waals surface area contributed by atoms with Crippen molar-refractivity contribution in [3.05, 3.63) is 58.9 Å². The highest BCUT2D eigenvalue weighted by Crippen LogP contribution is 2.30. The summed E-state index contributed by atoms with van der Waals surface area (Å²) in [4.78, 5) is 9.33. The van der Waals surface area contributed by atoms with Crippen molar-refractivity contribution in [2.75, 3.05) is 37.6 Å². The van der Waals surface area contributed by atoms with Crippen LogP contribution in [-0.4, -0.2) is 59.1 Å². The first-order valence-corrected chi connectivity index (χ1v) is 11.9. The fourth-order valence-electron chi connectivity index (χ4n) is 5.12. The van der Waals surface area contributed by atoms with Gasteiger partial charge in [-0.15, -0.1) is 0 Å². The number of piperazine rings is 1. The number of anilines is 1. The van der Waals surface area contributed by atoms with E-state index in [1.54, 1.807) is 0 Å². The van der Waals surface area contributed by atoms with E-state index in [-0.39, 0.29) is 12.1 Å². The largest absolute Gasteiger partial charge is 0.368 e. The number of rotatable bonds is 4. The zero-order valence-electron chi connectivity index (χ0n) is 18.8. The standard InChI is InChI=1S/C25H31ClN6/c1-17-14-19(26)5-7-21(17)18(2)32-16-29-22-8-6-20(15-24(22)32)30-10-12-31(13-11-30)25(27)23-4-3-9-28-23/h5-8,14-16,18,23,27-28H,3-4,9-13H2,1-2H3/t18?,23-/m1/s1. The molecule has 0 saturated carbocycles. The van der Waals surface area contributed by atoms with E-state index in [9.17, 15) is 0 Å². The van der Waals surface area contributed by atoms with Gasteiger partial charge in [-0.2, -0.15) is 0 Å². The summed E-state index contributed by atoms with van der Waals surface area (Å²) >= 11 is 6.17. The van der Waals surface area contributed by atoms with E-state index >= 15 is 0 Å². The van der Waals surface area contributed by atoms with Crippen molar-refractivity contribution in [1.29, 1.82) is 5.41 Å². The minimum atomic E-state index is 0.170. The minimum Gasteiger partial charge on any atom is -0.368 e. The number of aryl methyl sites for hydroxylation is 1. The number of halogens is 1. The molecule has 2 atom stereocenters. The van der Waals surface area contributed by atoms with Crippen LogP contribution < -0.4 is 10.2 Å². The third kappa shape index (κ3) is 3.97. The Morgan fingerprint density at radius 1 is 1.16 bits per heavy atom. The van der Waals surface area contributed by atoms with Crippen molar-refractivity contribution in [3.8, 4) is 0 Å². The topological polar surface area (TPSA) is 60.2 Å². The molecule has 0 radical (unpaired) electrons. The quantitative estimate of drug-likeness (QED) is 0.455. The molecule has 2 saturated heterocycles. The predicted molar refractivity (Wildman–Crippen MR) is 132 cm³/mol. The van der Waals surface area contributed by atoms with Gasteiger partial charge in [-0.3, -0.25) is 5.41 Å². The lowest BCUT2D eigenvalue weighted by Gasteiger charge is -2.38. The zero-order chi connectivity index (χ0) is 22.2. The molecule has 2 fully saturated rings. The number of nitrogens with one attached hydrogen (secondary N) is 2. The van der Waals surface area contributed by atoms with E-state index in [0.717, 1.165) is 61.0 Å². The smallest absolute Gasteiger partial charge is 0.113 e. The van der Waals surface area contributed by atoms with Crippen LogP contribution in [0.5, 0.6) is 0 Å². The second-order valence-electron chi connectivity index (χ2n) is 9.01. The average molecular weight is 451 g/mol. The van der Waals surface area contributed by atoms with Gasteiger partial charge in [0.1, 0.15) is 5.84 Å². The van der Waals surface area contributed by atoms with Gasteiger partial charge in [0.25, 0.3) is 0 Å². The van der Waals surface area contributed by atoms with Gasteiger partial charge >= 0.3 is 0 Å². The summed E-state index contributed by atoms with van der Waals surface area (Å²) in [5.74, 6) is 0.767. The van der Waals surface area contributed by atoms with E-state index in [1.807, 2.05) is 18.5 Å². The van der Waals surface area contributed by atoms with Gasteiger partial charge in [0.15, 0.2) is 0 Å². The lowest BCUT2D eigenvalue weighted by atomic mass is 10.0. The van der Waals surface area contributed by atoms with Crippen LogP contribution in [0.4, 0.5) is 5.69 Å². The molecule has 0 aliphatic carbocycles. The number of aromatic nitrogens is 2. The molecule has 32 heavy (non-hydrogen) atoms. The van der Waals surface area contributed by atoms with Gasteiger partial charge in [0, 0.05) is 36.9 Å². The zero-order valence-corrected chi connectivity index (χ0v) is 19.6. The molecule has 0 bridgehead atoms. The molecule has 0 amide bonds. The van der Waals surface area contributed by atoms with E-state index < -0.39 is 0 Å². The van der Waals surface area contributed by atoms with Crippen molar-refractivity contribution in [3.63, 3.8) is 0 Å². The Kier molecular flexibility index (Phi) is 5.82. The van der Waals surface area contributed by atoms with Crippen molar-refractivity contribution in [2.24, 2.45) is 0 Å². The van der Waals surface area contributed by atoms with Crippen LogP contribution in [0, 0.1) is 12.3 Å². The molecule has 1 aromatic heterocycles. The Morgan fingerprint density at radius 3 is 2.69 bits per heavy atom. The maximum Gasteiger partial charge on any atom is 0.113 e. The number of nitrogens with zero attached hydrogens (tertiary/aromatic N) is 4. The van der Waals surface area contributed by atoms with E-state index in [2.05, 4.69) is 62.8 Å². The minimum absolute atomic E-state index is 0.170. The monoisotopic (exact) mass is 450 g/mol. The highest BCUT2D eigenvalue weighted by atomic mass is 35.5. The lowest BCUT2D eigenvalue weighted by Crippen LogP contribution is -2.52. The number of hydrogen-bond donors (Lipinski definition) is 2. The second kappa shape index (κ2) is 8.75. The molecule has 2 N–H and O–H groups in total. The Labute approximate surface area is 194 Å². The first-order valence-electron chi connectivity index (χ1n) is 11.6. The molecule has 2 aromatic carbocycles. The number of fused-ring (bicyclic) bond motifs is 1. The Morgan fingerprint density at radius 2 is 1.97 bits per heavy atom. The summed E-state index contributed by atoms with van der Waals surface area (Å²) in [5, 5.41) is 12.8. The summed E-state index contributed by atoms with van der Waals surface area (Å²) in [6.45, 7) is 9.02. The lowest BCUT2D eigenvalue weighted by molar-refractivity contribution is 0.368. The summed E-state index contributed by atoms with van der Waals surface area (Å²) in [6, 6.07) is 13.1. The normalized spacial score (nSPS) is 20.2. The number of hydrogen-bond acceptors (Lipinski definition) is 4. The summed E-state index contributed by atoms with van der Waals surface area (Å²) in [5.41, 5.74) is 5.84. The summed E-state index contributed by atoms with van der Waals surface area (Å²) < 4.78 is 2.26. The van der Waals surface area contributed by atoms with Gasteiger partial charge in [-0.1, -0.05) is 17.7 Å². The fraction of sp³-hybridized carbons (Fsp3) is 0.440. The van der Waals surface area contributed by atoms with Crippen LogP contribution in [0.3, 0.4) is 0 Å². The molecule has 5 rings (SSSR count). The molecule has 6 nitrogen and oxygen atoms in total. The van der Waals surface area contributed by atoms with Crippen molar-refractivity contribution in [2.45, 2.75) is 38.8 Å². The maximum atomic E-state index is 8.55. The van der Waals surface area contributed by atoms with Crippen LogP contribution in [0.1, 0.15) is 36.9 Å². The highest BCUT2D eigenvalue weighted by molar-refractivity contribution is 6.30. The summed E-state index contributed by atoms with van der Waals surface area (Å²) in [7, 11) is 0. The molecule has 3 heterocycles. The maximum absolute atomic E-state index is 8.55.